The first-order valence-electron chi connectivity index (χ1n) is 9.15. The van der Waals surface area contributed by atoms with Crippen LogP contribution < -0.4 is 16.0 Å². The molecule has 4 heterocycles. The summed E-state index contributed by atoms with van der Waals surface area (Å²) in [5.41, 5.74) is 7.11. The summed E-state index contributed by atoms with van der Waals surface area (Å²) in [6.45, 7) is 6.25. The van der Waals surface area contributed by atoms with Crippen molar-refractivity contribution in [2.24, 2.45) is 11.7 Å². The first kappa shape index (κ1) is 18.2. The number of anilines is 2. The van der Waals surface area contributed by atoms with Gasteiger partial charge in [-0.1, -0.05) is 13.8 Å². The highest BCUT2D eigenvalue weighted by atomic mass is 16.6. The second-order valence-electron chi connectivity index (χ2n) is 7.46. The highest BCUT2D eigenvalue weighted by Gasteiger charge is 2.37. The van der Waals surface area contributed by atoms with E-state index in [4.69, 9.17) is 10.5 Å². The van der Waals surface area contributed by atoms with Crippen LogP contribution in [0.4, 0.5) is 16.6 Å². The van der Waals surface area contributed by atoms with Crippen molar-refractivity contribution in [3.8, 4) is 0 Å². The number of aromatic nitrogens is 4. The molecule has 1 aliphatic heterocycles. The van der Waals surface area contributed by atoms with Crippen molar-refractivity contribution < 1.29 is 9.53 Å². The summed E-state index contributed by atoms with van der Waals surface area (Å²) in [7, 11) is 0. The molecule has 3 aromatic rings. The molecule has 0 saturated carbocycles. The lowest BCUT2D eigenvalue weighted by Crippen LogP contribution is -2.42. The smallest absolute Gasteiger partial charge is 0.415 e. The van der Waals surface area contributed by atoms with Crippen LogP contribution in [0.25, 0.3) is 11.0 Å². The zero-order valence-electron chi connectivity index (χ0n) is 16.0. The van der Waals surface area contributed by atoms with Gasteiger partial charge in [-0.15, -0.1) is 0 Å². The Labute approximate surface area is 162 Å². The van der Waals surface area contributed by atoms with E-state index in [0.29, 0.717) is 18.4 Å². The lowest BCUT2D eigenvalue weighted by molar-refractivity contribution is 0.177. The highest BCUT2D eigenvalue weighted by Crippen LogP contribution is 2.27. The molecule has 4 rings (SSSR count). The molecule has 1 amide bonds. The van der Waals surface area contributed by atoms with Gasteiger partial charge in [0.05, 0.1) is 6.04 Å². The monoisotopic (exact) mass is 381 g/mol. The van der Waals surface area contributed by atoms with Crippen LogP contribution in [0.1, 0.15) is 26.3 Å². The molecule has 1 fully saturated rings. The van der Waals surface area contributed by atoms with Crippen molar-refractivity contribution in [2.45, 2.75) is 32.5 Å². The fraction of sp³-hybridized carbons (Fsp3) is 0.368. The van der Waals surface area contributed by atoms with Gasteiger partial charge in [-0.25, -0.2) is 14.8 Å². The zero-order chi connectivity index (χ0) is 19.9. The Morgan fingerprint density at radius 2 is 2.21 bits per heavy atom. The van der Waals surface area contributed by atoms with E-state index in [9.17, 15) is 4.79 Å². The summed E-state index contributed by atoms with van der Waals surface area (Å²) in [4.78, 5) is 30.0. The van der Waals surface area contributed by atoms with Gasteiger partial charge in [0.1, 0.15) is 23.7 Å². The molecule has 0 spiro atoms. The third kappa shape index (κ3) is 3.24. The second kappa shape index (κ2) is 6.75. The number of rotatable bonds is 5. The maximum absolute atomic E-state index is 12.2. The summed E-state index contributed by atoms with van der Waals surface area (Å²) in [6, 6.07) is 5.51. The van der Waals surface area contributed by atoms with Gasteiger partial charge in [-0.05, 0) is 31.0 Å². The lowest BCUT2D eigenvalue weighted by atomic mass is 10.0. The molecule has 28 heavy (non-hydrogen) atoms. The minimum absolute atomic E-state index is 0.0697. The Kier molecular flexibility index (Phi) is 4.38. The van der Waals surface area contributed by atoms with Crippen molar-refractivity contribution in [3.05, 3.63) is 42.4 Å². The number of H-pyrrole nitrogens is 1. The van der Waals surface area contributed by atoms with Gasteiger partial charge in [-0.3, -0.25) is 4.90 Å². The summed E-state index contributed by atoms with van der Waals surface area (Å²) in [5.74, 6) is 1.03. The molecule has 0 bridgehead atoms. The van der Waals surface area contributed by atoms with Crippen molar-refractivity contribution in [1.29, 1.82) is 0 Å². The van der Waals surface area contributed by atoms with Gasteiger partial charge >= 0.3 is 6.09 Å². The fourth-order valence-corrected chi connectivity index (χ4v) is 3.26. The van der Waals surface area contributed by atoms with Crippen LogP contribution in [-0.2, 0) is 10.4 Å². The standard InChI is InChI=1S/C19H23N7O2/c1-11(2)14-10-28-18(27)26(14)15-5-7-22-17(24-15)25-19(3,20)13-8-12-4-6-21-16(12)23-9-13/h4-9,11,14H,10,20H2,1-3H3,(H,21,23)(H,22,24,25). The van der Waals surface area contributed by atoms with Gasteiger partial charge in [0.25, 0.3) is 0 Å². The van der Waals surface area contributed by atoms with E-state index in [1.165, 1.54) is 0 Å². The Hall–Kier alpha value is -3.20. The molecule has 3 aromatic heterocycles. The Morgan fingerprint density at radius 1 is 1.39 bits per heavy atom. The predicted octanol–water partition coefficient (Wildman–Crippen LogP) is 2.58. The van der Waals surface area contributed by atoms with Gasteiger partial charge in [0, 0.05) is 29.5 Å². The summed E-state index contributed by atoms with van der Waals surface area (Å²) in [5, 5.41) is 4.10. The highest BCUT2D eigenvalue weighted by molar-refractivity contribution is 5.89. The number of hydrogen-bond acceptors (Lipinski definition) is 7. The van der Waals surface area contributed by atoms with E-state index in [-0.39, 0.29) is 12.0 Å². The molecular formula is C19H23N7O2. The Bertz CT molecular complexity index is 1010. The van der Waals surface area contributed by atoms with Crippen LogP contribution >= 0.6 is 0 Å². The topological polar surface area (TPSA) is 122 Å². The van der Waals surface area contributed by atoms with Gasteiger partial charge < -0.3 is 20.8 Å². The number of hydrogen-bond donors (Lipinski definition) is 3. The number of aromatic amines is 1. The number of carbonyl (C=O) groups excluding carboxylic acids is 1. The summed E-state index contributed by atoms with van der Waals surface area (Å²) < 4.78 is 5.21. The first-order chi connectivity index (χ1) is 13.3. The molecular weight excluding hydrogens is 358 g/mol. The van der Waals surface area contributed by atoms with Gasteiger partial charge in [-0.2, -0.15) is 4.98 Å². The molecule has 1 saturated heterocycles. The maximum Gasteiger partial charge on any atom is 0.415 e. The largest absolute Gasteiger partial charge is 0.447 e. The lowest BCUT2D eigenvalue weighted by Gasteiger charge is -2.27. The predicted molar refractivity (Wildman–Crippen MR) is 106 cm³/mol. The SMILES string of the molecule is CC(C)C1COC(=O)N1c1ccnc(NC(C)(N)c2cnc3[nH]ccc3c2)n1. The van der Waals surface area contributed by atoms with Gasteiger partial charge in [0.2, 0.25) is 5.95 Å². The van der Waals surface area contributed by atoms with Crippen LogP contribution in [0.2, 0.25) is 0 Å². The Balaban J connectivity index is 1.61. The van der Waals surface area contributed by atoms with E-state index >= 15 is 0 Å². The molecule has 146 valence electrons. The molecule has 2 atom stereocenters. The average Bonchev–Trinajstić information content (AvgIpc) is 3.27. The zero-order valence-corrected chi connectivity index (χ0v) is 16.0. The number of amides is 1. The molecule has 9 heteroatoms. The molecule has 0 aliphatic carbocycles. The summed E-state index contributed by atoms with van der Waals surface area (Å²) in [6.07, 6.45) is 4.73. The van der Waals surface area contributed by atoms with Crippen LogP contribution in [0.15, 0.2) is 36.8 Å². The number of nitrogens with zero attached hydrogens (tertiary/aromatic N) is 4. The van der Waals surface area contributed by atoms with Gasteiger partial charge in [0.15, 0.2) is 0 Å². The minimum atomic E-state index is -0.958. The second-order valence-corrected chi connectivity index (χ2v) is 7.46. The van der Waals surface area contributed by atoms with E-state index in [2.05, 4.69) is 25.3 Å². The molecule has 1 aliphatic rings. The molecule has 4 N–H and O–H groups in total. The van der Waals surface area contributed by atoms with E-state index < -0.39 is 11.8 Å². The molecule has 0 radical (unpaired) electrons. The first-order valence-corrected chi connectivity index (χ1v) is 9.15. The number of ether oxygens (including phenoxy) is 1. The van der Waals surface area contributed by atoms with Crippen LogP contribution in [-0.4, -0.2) is 38.7 Å². The average molecular weight is 381 g/mol. The third-order valence-corrected chi connectivity index (χ3v) is 4.93. The van der Waals surface area contributed by atoms with E-state index in [1.807, 2.05) is 39.1 Å². The normalized spacial score (nSPS) is 19.1. The van der Waals surface area contributed by atoms with Crippen LogP contribution in [0.3, 0.4) is 0 Å². The number of nitrogens with two attached hydrogens (primary N) is 1. The molecule has 2 unspecified atom stereocenters. The number of fused-ring (bicyclic) bond motifs is 1. The number of nitrogens with one attached hydrogen (secondary N) is 2. The van der Waals surface area contributed by atoms with E-state index in [0.717, 1.165) is 16.6 Å². The quantitative estimate of drug-likeness (QED) is 0.581. The Morgan fingerprint density at radius 3 is 3.00 bits per heavy atom. The van der Waals surface area contributed by atoms with Crippen LogP contribution in [0, 0.1) is 5.92 Å². The number of pyridine rings is 1. The van der Waals surface area contributed by atoms with Crippen molar-refractivity contribution in [2.75, 3.05) is 16.8 Å². The number of cyclic esters (lactones) is 1. The van der Waals surface area contributed by atoms with Crippen molar-refractivity contribution in [1.82, 2.24) is 19.9 Å². The maximum atomic E-state index is 12.2. The minimum Gasteiger partial charge on any atom is -0.447 e. The van der Waals surface area contributed by atoms with Crippen molar-refractivity contribution >= 4 is 28.9 Å². The number of carbonyl (C=O) groups is 1. The third-order valence-electron chi connectivity index (χ3n) is 4.93. The van der Waals surface area contributed by atoms with Crippen molar-refractivity contribution in [3.63, 3.8) is 0 Å². The van der Waals surface area contributed by atoms with E-state index in [1.54, 1.807) is 23.4 Å². The van der Waals surface area contributed by atoms with Crippen LogP contribution in [0.5, 0.6) is 0 Å². The summed E-state index contributed by atoms with van der Waals surface area (Å²) >= 11 is 0. The molecule has 9 nitrogen and oxygen atoms in total. The fourth-order valence-electron chi connectivity index (χ4n) is 3.26. The molecule has 0 aromatic carbocycles.